The SMILES string of the molecule is Cn1cc(CNOCc2ccccc2)c(=O)n(C)c1=O. The number of hydrogen-bond donors (Lipinski definition) is 1. The molecule has 106 valence electrons. The van der Waals surface area contributed by atoms with E-state index in [0.717, 1.165) is 10.1 Å². The molecule has 0 aliphatic heterocycles. The van der Waals surface area contributed by atoms with Crippen LogP contribution in [0.15, 0.2) is 46.1 Å². The quantitative estimate of drug-likeness (QED) is 0.630. The molecule has 2 aromatic rings. The van der Waals surface area contributed by atoms with Gasteiger partial charge in [0, 0.05) is 20.3 Å². The summed E-state index contributed by atoms with van der Waals surface area (Å²) in [5.41, 5.74) is 3.59. The number of aryl methyl sites for hydroxylation is 1. The summed E-state index contributed by atoms with van der Waals surface area (Å²) in [6.45, 7) is 0.653. The lowest BCUT2D eigenvalue weighted by Crippen LogP contribution is -2.39. The molecular weight excluding hydrogens is 258 g/mol. The van der Waals surface area contributed by atoms with Gasteiger partial charge >= 0.3 is 5.69 Å². The van der Waals surface area contributed by atoms with E-state index in [4.69, 9.17) is 4.84 Å². The van der Waals surface area contributed by atoms with Crippen molar-refractivity contribution < 1.29 is 4.84 Å². The van der Waals surface area contributed by atoms with Crippen LogP contribution in [0.4, 0.5) is 0 Å². The zero-order chi connectivity index (χ0) is 14.5. The van der Waals surface area contributed by atoms with Gasteiger partial charge in [-0.1, -0.05) is 30.3 Å². The molecule has 1 aromatic carbocycles. The lowest BCUT2D eigenvalue weighted by atomic mass is 10.2. The Bertz CT molecular complexity index is 689. The van der Waals surface area contributed by atoms with Crippen LogP contribution >= 0.6 is 0 Å². The molecule has 6 nitrogen and oxygen atoms in total. The molecule has 6 heteroatoms. The van der Waals surface area contributed by atoms with Gasteiger partial charge in [0.1, 0.15) is 0 Å². The topological polar surface area (TPSA) is 65.3 Å². The van der Waals surface area contributed by atoms with Crippen molar-refractivity contribution in [2.45, 2.75) is 13.2 Å². The van der Waals surface area contributed by atoms with E-state index < -0.39 is 0 Å². The third-order valence-electron chi connectivity index (χ3n) is 2.96. The summed E-state index contributed by atoms with van der Waals surface area (Å²) in [5, 5.41) is 0. The summed E-state index contributed by atoms with van der Waals surface area (Å²) in [5.74, 6) is 0. The first kappa shape index (κ1) is 14.2. The monoisotopic (exact) mass is 275 g/mol. The summed E-state index contributed by atoms with van der Waals surface area (Å²) in [6.07, 6.45) is 1.52. The van der Waals surface area contributed by atoms with E-state index in [-0.39, 0.29) is 17.8 Å². The van der Waals surface area contributed by atoms with Crippen molar-refractivity contribution >= 4 is 0 Å². The van der Waals surface area contributed by atoms with E-state index in [1.807, 2.05) is 30.3 Å². The molecule has 0 bridgehead atoms. The molecule has 2 rings (SSSR count). The van der Waals surface area contributed by atoms with E-state index in [9.17, 15) is 9.59 Å². The Kier molecular flexibility index (Phi) is 4.49. The minimum absolute atomic E-state index is 0.244. The Morgan fingerprint density at radius 1 is 1.15 bits per heavy atom. The van der Waals surface area contributed by atoms with Crippen LogP contribution in [-0.2, 0) is 32.1 Å². The average molecular weight is 275 g/mol. The number of hydrogen-bond acceptors (Lipinski definition) is 4. The predicted molar refractivity (Wildman–Crippen MR) is 75.0 cm³/mol. The van der Waals surface area contributed by atoms with E-state index >= 15 is 0 Å². The van der Waals surface area contributed by atoms with Gasteiger partial charge < -0.3 is 4.57 Å². The lowest BCUT2D eigenvalue weighted by Gasteiger charge is -2.08. The molecule has 0 aliphatic rings. The van der Waals surface area contributed by atoms with Gasteiger partial charge in [-0.25, -0.2) is 4.79 Å². The molecular formula is C14H17N3O3. The number of aromatic nitrogens is 2. The fourth-order valence-corrected chi connectivity index (χ4v) is 1.84. The second kappa shape index (κ2) is 6.31. The number of nitrogens with one attached hydrogen (secondary N) is 1. The summed E-state index contributed by atoms with van der Waals surface area (Å²) < 4.78 is 2.45. The number of nitrogens with zero attached hydrogens (tertiary/aromatic N) is 2. The maximum absolute atomic E-state index is 11.9. The highest BCUT2D eigenvalue weighted by atomic mass is 16.6. The molecule has 0 aliphatic carbocycles. The molecule has 1 aromatic heterocycles. The second-order valence-corrected chi connectivity index (χ2v) is 4.51. The minimum atomic E-state index is -0.344. The fourth-order valence-electron chi connectivity index (χ4n) is 1.84. The number of benzene rings is 1. The Balaban J connectivity index is 1.95. The van der Waals surface area contributed by atoms with Crippen LogP contribution in [0, 0.1) is 0 Å². The predicted octanol–water partition coefficient (Wildman–Crippen LogP) is 0.305. The Morgan fingerprint density at radius 3 is 2.55 bits per heavy atom. The van der Waals surface area contributed by atoms with Crippen molar-refractivity contribution in [3.05, 3.63) is 68.5 Å². The van der Waals surface area contributed by atoms with Crippen molar-refractivity contribution in [1.82, 2.24) is 14.6 Å². The van der Waals surface area contributed by atoms with E-state index in [1.54, 1.807) is 7.05 Å². The highest BCUT2D eigenvalue weighted by Crippen LogP contribution is 1.99. The first-order valence-electron chi connectivity index (χ1n) is 6.23. The van der Waals surface area contributed by atoms with Crippen LogP contribution in [0.5, 0.6) is 0 Å². The number of hydroxylamine groups is 1. The van der Waals surface area contributed by atoms with Crippen molar-refractivity contribution in [3.63, 3.8) is 0 Å². The van der Waals surface area contributed by atoms with Gasteiger partial charge in [-0.3, -0.25) is 14.2 Å². The third kappa shape index (κ3) is 3.23. The standard InChI is InChI=1S/C14H17N3O3/c1-16-9-12(13(18)17(2)14(16)19)8-15-20-10-11-6-4-3-5-7-11/h3-7,9,15H,8,10H2,1-2H3. The highest BCUT2D eigenvalue weighted by molar-refractivity contribution is 5.13. The molecule has 0 spiro atoms. The third-order valence-corrected chi connectivity index (χ3v) is 2.96. The number of rotatable bonds is 5. The van der Waals surface area contributed by atoms with Crippen molar-refractivity contribution in [2.24, 2.45) is 14.1 Å². The first-order chi connectivity index (χ1) is 9.59. The van der Waals surface area contributed by atoms with Gasteiger partial charge in [0.25, 0.3) is 5.56 Å². The average Bonchev–Trinajstić information content (AvgIpc) is 2.47. The van der Waals surface area contributed by atoms with Gasteiger partial charge in [-0.2, -0.15) is 5.48 Å². The van der Waals surface area contributed by atoms with Crippen LogP contribution < -0.4 is 16.7 Å². The van der Waals surface area contributed by atoms with Gasteiger partial charge in [0.05, 0.1) is 18.7 Å². The highest BCUT2D eigenvalue weighted by Gasteiger charge is 2.06. The molecule has 1 N–H and O–H groups in total. The van der Waals surface area contributed by atoms with Crippen molar-refractivity contribution in [1.29, 1.82) is 0 Å². The maximum atomic E-state index is 11.9. The van der Waals surface area contributed by atoms with Gasteiger partial charge in [0.15, 0.2) is 0 Å². The largest absolute Gasteiger partial charge is 0.330 e. The molecule has 1 heterocycles. The molecule has 20 heavy (non-hydrogen) atoms. The minimum Gasteiger partial charge on any atom is -0.303 e. The first-order valence-corrected chi connectivity index (χ1v) is 6.23. The molecule has 0 unspecified atom stereocenters. The van der Waals surface area contributed by atoms with Crippen LogP contribution in [0.25, 0.3) is 0 Å². The van der Waals surface area contributed by atoms with Crippen LogP contribution in [0.2, 0.25) is 0 Å². The van der Waals surface area contributed by atoms with Gasteiger partial charge in [-0.15, -0.1) is 0 Å². The van der Waals surface area contributed by atoms with Crippen LogP contribution in [0.1, 0.15) is 11.1 Å². The summed E-state index contributed by atoms with van der Waals surface area (Å²) >= 11 is 0. The van der Waals surface area contributed by atoms with Gasteiger partial charge in [-0.05, 0) is 5.56 Å². The smallest absolute Gasteiger partial charge is 0.303 e. The van der Waals surface area contributed by atoms with Crippen molar-refractivity contribution in [2.75, 3.05) is 0 Å². The van der Waals surface area contributed by atoms with Crippen LogP contribution in [0.3, 0.4) is 0 Å². The molecule has 0 fully saturated rings. The summed E-state index contributed by atoms with van der Waals surface area (Å²) in [6, 6.07) is 9.70. The normalized spacial score (nSPS) is 10.7. The molecule has 0 saturated carbocycles. The Hall–Kier alpha value is -2.18. The van der Waals surface area contributed by atoms with E-state index in [1.165, 1.54) is 17.8 Å². The fraction of sp³-hybridized carbons (Fsp3) is 0.286. The van der Waals surface area contributed by atoms with Crippen LogP contribution in [-0.4, -0.2) is 9.13 Å². The maximum Gasteiger partial charge on any atom is 0.330 e. The summed E-state index contributed by atoms with van der Waals surface area (Å²) in [4.78, 5) is 28.7. The summed E-state index contributed by atoms with van der Waals surface area (Å²) in [7, 11) is 3.06. The molecule has 0 atom stereocenters. The molecule has 0 radical (unpaired) electrons. The van der Waals surface area contributed by atoms with E-state index in [0.29, 0.717) is 12.2 Å². The van der Waals surface area contributed by atoms with E-state index in [2.05, 4.69) is 5.48 Å². The lowest BCUT2D eigenvalue weighted by molar-refractivity contribution is 0.0231. The second-order valence-electron chi connectivity index (χ2n) is 4.51. The molecule has 0 saturated heterocycles. The van der Waals surface area contributed by atoms with Gasteiger partial charge in [0.2, 0.25) is 0 Å². The molecule has 0 amide bonds. The Morgan fingerprint density at radius 2 is 1.85 bits per heavy atom. The Labute approximate surface area is 116 Å². The zero-order valence-corrected chi connectivity index (χ0v) is 11.5. The zero-order valence-electron chi connectivity index (χ0n) is 11.5. The van der Waals surface area contributed by atoms with Crippen molar-refractivity contribution in [3.8, 4) is 0 Å².